The Morgan fingerprint density at radius 1 is 1.04 bits per heavy atom. The lowest BCUT2D eigenvalue weighted by atomic mass is 10.0. The van der Waals surface area contributed by atoms with E-state index in [1.165, 1.54) is 17.4 Å². The Morgan fingerprint density at radius 3 is 2.54 bits per heavy atom. The average Bonchev–Trinajstić information content (AvgIpc) is 2.70. The summed E-state index contributed by atoms with van der Waals surface area (Å²) in [5, 5.41) is 6.08. The van der Waals surface area contributed by atoms with E-state index in [0.29, 0.717) is 6.04 Å². The van der Waals surface area contributed by atoms with Crippen LogP contribution in [-0.4, -0.2) is 42.7 Å². The van der Waals surface area contributed by atoms with Crippen LogP contribution in [-0.2, 0) is 0 Å². The zero-order valence-electron chi connectivity index (χ0n) is 17.9. The van der Waals surface area contributed by atoms with Crippen LogP contribution in [0.2, 0.25) is 0 Å². The van der Waals surface area contributed by atoms with Gasteiger partial charge in [-0.05, 0) is 76.2 Å². The number of hydrogen-bond acceptors (Lipinski definition) is 4. The van der Waals surface area contributed by atoms with E-state index in [2.05, 4.69) is 62.2 Å². The summed E-state index contributed by atoms with van der Waals surface area (Å²) in [6, 6.07) is 13.0. The van der Waals surface area contributed by atoms with Gasteiger partial charge in [-0.15, -0.1) is 0 Å². The van der Waals surface area contributed by atoms with Crippen molar-refractivity contribution in [3.05, 3.63) is 42.0 Å². The van der Waals surface area contributed by atoms with Crippen molar-refractivity contribution >= 4 is 27.5 Å². The summed E-state index contributed by atoms with van der Waals surface area (Å²) in [5.74, 6) is 0.859. The molecular formula is C24H33N3O. The minimum Gasteiger partial charge on any atom is -0.497 e. The first kappa shape index (κ1) is 20.4. The smallest absolute Gasteiger partial charge is 0.119 e. The lowest BCUT2D eigenvalue weighted by molar-refractivity contribution is 0.295. The van der Waals surface area contributed by atoms with Crippen LogP contribution in [0.3, 0.4) is 0 Å². The van der Waals surface area contributed by atoms with Gasteiger partial charge in [0.1, 0.15) is 5.75 Å². The Hall–Kier alpha value is -2.33. The molecule has 2 aromatic carbocycles. The van der Waals surface area contributed by atoms with E-state index in [1.54, 1.807) is 7.11 Å². The highest BCUT2D eigenvalue weighted by Crippen LogP contribution is 2.34. The lowest BCUT2D eigenvalue weighted by Gasteiger charge is -2.22. The zero-order chi connectivity index (χ0) is 20.1. The fraction of sp³-hybridized carbons (Fsp3) is 0.458. The maximum absolute atomic E-state index is 5.47. The highest BCUT2D eigenvalue weighted by Gasteiger charge is 2.13. The third-order valence-electron chi connectivity index (χ3n) is 5.53. The molecule has 3 aromatic rings. The molecule has 0 spiro atoms. The molecule has 3 rings (SSSR count). The topological polar surface area (TPSA) is 37.4 Å². The van der Waals surface area contributed by atoms with Gasteiger partial charge >= 0.3 is 0 Å². The summed E-state index contributed by atoms with van der Waals surface area (Å²) in [7, 11) is 1.71. The third kappa shape index (κ3) is 4.56. The second kappa shape index (κ2) is 9.24. The zero-order valence-corrected chi connectivity index (χ0v) is 17.9. The molecule has 0 aliphatic rings. The minimum absolute atomic E-state index is 0.386. The summed E-state index contributed by atoms with van der Waals surface area (Å²) in [6.07, 6.45) is 2.33. The van der Waals surface area contributed by atoms with Crippen LogP contribution >= 0.6 is 0 Å². The quantitative estimate of drug-likeness (QED) is 0.489. The molecule has 150 valence electrons. The Labute approximate surface area is 168 Å². The van der Waals surface area contributed by atoms with Crippen molar-refractivity contribution in [3.8, 4) is 5.75 Å². The maximum atomic E-state index is 5.47. The van der Waals surface area contributed by atoms with Gasteiger partial charge in [0.2, 0.25) is 0 Å². The number of rotatable bonds is 9. The van der Waals surface area contributed by atoms with Gasteiger partial charge in [0, 0.05) is 16.8 Å². The van der Waals surface area contributed by atoms with Crippen LogP contribution in [0.4, 0.5) is 5.69 Å². The predicted octanol–water partition coefficient (Wildman–Crippen LogP) is 5.63. The first-order valence-electron chi connectivity index (χ1n) is 10.4. The number of aromatic nitrogens is 1. The maximum Gasteiger partial charge on any atom is 0.119 e. The lowest BCUT2D eigenvalue weighted by Crippen LogP contribution is -2.25. The second-order valence-corrected chi connectivity index (χ2v) is 7.60. The number of fused-ring (bicyclic) bond motifs is 2. The van der Waals surface area contributed by atoms with Gasteiger partial charge in [-0.25, -0.2) is 4.98 Å². The average molecular weight is 380 g/mol. The summed E-state index contributed by atoms with van der Waals surface area (Å²) in [4.78, 5) is 7.37. The predicted molar refractivity (Wildman–Crippen MR) is 121 cm³/mol. The molecular weight excluding hydrogens is 346 g/mol. The van der Waals surface area contributed by atoms with E-state index in [0.717, 1.165) is 53.9 Å². The standard InChI is InChI=1S/C24H33N3O/c1-6-27(7-2)14-8-9-18(4)25-24-20-12-10-17(3)15-23(20)26-22-13-11-19(28-5)16-21(22)24/h10-13,15-16,18H,6-9,14H2,1-5H3,(H,25,26). The van der Waals surface area contributed by atoms with Crippen molar-refractivity contribution in [2.45, 2.75) is 46.6 Å². The Bertz CT molecular complexity index is 934. The number of nitrogens with one attached hydrogen (secondary N) is 1. The Morgan fingerprint density at radius 2 is 1.82 bits per heavy atom. The highest BCUT2D eigenvalue weighted by atomic mass is 16.5. The van der Waals surface area contributed by atoms with Crippen molar-refractivity contribution in [2.24, 2.45) is 0 Å². The molecule has 1 aromatic heterocycles. The van der Waals surface area contributed by atoms with E-state index in [1.807, 2.05) is 12.1 Å². The number of benzene rings is 2. The second-order valence-electron chi connectivity index (χ2n) is 7.60. The number of aryl methyl sites for hydroxylation is 1. The molecule has 0 aliphatic heterocycles. The van der Waals surface area contributed by atoms with Crippen LogP contribution < -0.4 is 10.1 Å². The molecule has 1 atom stereocenters. The van der Waals surface area contributed by atoms with Gasteiger partial charge in [0.25, 0.3) is 0 Å². The monoisotopic (exact) mass is 379 g/mol. The largest absolute Gasteiger partial charge is 0.497 e. The summed E-state index contributed by atoms with van der Waals surface area (Å²) >= 11 is 0. The molecule has 4 nitrogen and oxygen atoms in total. The molecule has 0 amide bonds. The van der Waals surface area contributed by atoms with E-state index in [-0.39, 0.29) is 0 Å². The summed E-state index contributed by atoms with van der Waals surface area (Å²) < 4.78 is 5.47. The normalized spacial score (nSPS) is 12.6. The van der Waals surface area contributed by atoms with Gasteiger partial charge in [0.15, 0.2) is 0 Å². The van der Waals surface area contributed by atoms with Gasteiger partial charge in [-0.2, -0.15) is 0 Å². The number of anilines is 1. The van der Waals surface area contributed by atoms with Crippen molar-refractivity contribution in [3.63, 3.8) is 0 Å². The van der Waals surface area contributed by atoms with Crippen LogP contribution in [0.15, 0.2) is 36.4 Å². The molecule has 0 aliphatic carbocycles. The minimum atomic E-state index is 0.386. The SMILES string of the molecule is CCN(CC)CCCC(C)Nc1c2ccc(C)cc2nc2ccc(OC)cc12. The van der Waals surface area contributed by atoms with Crippen LogP contribution in [0.25, 0.3) is 21.8 Å². The molecule has 0 bridgehead atoms. The molecule has 1 N–H and O–H groups in total. The number of ether oxygens (including phenoxy) is 1. The van der Waals surface area contributed by atoms with Crippen LogP contribution in [0, 0.1) is 6.92 Å². The van der Waals surface area contributed by atoms with Crippen LogP contribution in [0.1, 0.15) is 39.2 Å². The molecule has 0 saturated carbocycles. The van der Waals surface area contributed by atoms with E-state index in [4.69, 9.17) is 9.72 Å². The summed E-state index contributed by atoms with van der Waals surface area (Å²) in [6.45, 7) is 12.3. The fourth-order valence-electron chi connectivity index (χ4n) is 3.80. The molecule has 0 fully saturated rings. The Kier molecular flexibility index (Phi) is 6.74. The number of pyridine rings is 1. The van der Waals surface area contributed by atoms with Crippen molar-refractivity contribution in [1.29, 1.82) is 0 Å². The van der Waals surface area contributed by atoms with Gasteiger partial charge in [0.05, 0.1) is 23.8 Å². The van der Waals surface area contributed by atoms with E-state index < -0.39 is 0 Å². The summed E-state index contributed by atoms with van der Waals surface area (Å²) in [5.41, 5.74) is 4.42. The van der Waals surface area contributed by atoms with E-state index in [9.17, 15) is 0 Å². The molecule has 4 heteroatoms. The number of methoxy groups -OCH3 is 1. The first-order chi connectivity index (χ1) is 13.5. The number of hydrogen-bond donors (Lipinski definition) is 1. The molecule has 0 saturated heterocycles. The van der Waals surface area contributed by atoms with Crippen LogP contribution in [0.5, 0.6) is 5.75 Å². The highest BCUT2D eigenvalue weighted by molar-refractivity contribution is 6.08. The molecule has 28 heavy (non-hydrogen) atoms. The van der Waals surface area contributed by atoms with Crippen molar-refractivity contribution < 1.29 is 4.74 Å². The third-order valence-corrected chi connectivity index (χ3v) is 5.53. The van der Waals surface area contributed by atoms with Crippen molar-refractivity contribution in [2.75, 3.05) is 32.1 Å². The fourth-order valence-corrected chi connectivity index (χ4v) is 3.80. The van der Waals surface area contributed by atoms with E-state index >= 15 is 0 Å². The molecule has 1 heterocycles. The molecule has 1 unspecified atom stereocenters. The Balaban J connectivity index is 1.92. The molecule has 0 radical (unpaired) electrons. The van der Waals surface area contributed by atoms with Gasteiger partial charge < -0.3 is 15.0 Å². The van der Waals surface area contributed by atoms with Crippen molar-refractivity contribution in [1.82, 2.24) is 9.88 Å². The first-order valence-corrected chi connectivity index (χ1v) is 10.4. The number of nitrogens with zero attached hydrogens (tertiary/aromatic N) is 2. The van der Waals surface area contributed by atoms with Gasteiger partial charge in [-0.3, -0.25) is 0 Å². The van der Waals surface area contributed by atoms with Gasteiger partial charge in [-0.1, -0.05) is 26.0 Å².